The summed E-state index contributed by atoms with van der Waals surface area (Å²) in [6.45, 7) is 8.52. The molecule has 0 spiro atoms. The molecular weight excluding hydrogens is 283 g/mol. The predicted molar refractivity (Wildman–Crippen MR) is 87.8 cm³/mol. The van der Waals surface area contributed by atoms with Crippen LogP contribution in [0, 0.1) is 5.82 Å². The standard InChI is InChI=1S/C16H25FN4O/c1-13(2)22-12-7-19-16(18)21-10-8-20(9-11-21)15-5-3-14(17)4-6-15/h3-6,13H,7-12H2,1-2H3,(H2,18,19). The second kappa shape index (κ2) is 7.98. The zero-order valence-corrected chi connectivity index (χ0v) is 13.3. The summed E-state index contributed by atoms with van der Waals surface area (Å²) in [7, 11) is 0. The van der Waals surface area contributed by atoms with Gasteiger partial charge in [0.25, 0.3) is 0 Å². The molecule has 1 aliphatic heterocycles. The van der Waals surface area contributed by atoms with Crippen molar-refractivity contribution >= 4 is 11.6 Å². The largest absolute Gasteiger partial charge is 0.377 e. The molecule has 1 fully saturated rings. The molecule has 2 N–H and O–H groups in total. The van der Waals surface area contributed by atoms with Gasteiger partial charge in [-0.25, -0.2) is 4.39 Å². The zero-order chi connectivity index (χ0) is 15.9. The highest BCUT2D eigenvalue weighted by atomic mass is 19.1. The Morgan fingerprint density at radius 1 is 1.23 bits per heavy atom. The van der Waals surface area contributed by atoms with E-state index < -0.39 is 0 Å². The van der Waals surface area contributed by atoms with Crippen molar-refractivity contribution in [1.82, 2.24) is 4.90 Å². The van der Waals surface area contributed by atoms with E-state index >= 15 is 0 Å². The summed E-state index contributed by atoms with van der Waals surface area (Å²) in [6, 6.07) is 6.61. The van der Waals surface area contributed by atoms with Crippen molar-refractivity contribution in [2.24, 2.45) is 10.7 Å². The summed E-state index contributed by atoms with van der Waals surface area (Å²) in [4.78, 5) is 8.66. The van der Waals surface area contributed by atoms with Crippen LogP contribution < -0.4 is 10.6 Å². The van der Waals surface area contributed by atoms with Crippen molar-refractivity contribution in [3.63, 3.8) is 0 Å². The molecule has 0 aromatic heterocycles. The molecule has 1 aromatic carbocycles. The van der Waals surface area contributed by atoms with Gasteiger partial charge in [0.05, 0.1) is 19.3 Å². The van der Waals surface area contributed by atoms with Crippen molar-refractivity contribution in [2.75, 3.05) is 44.2 Å². The van der Waals surface area contributed by atoms with Crippen molar-refractivity contribution in [1.29, 1.82) is 0 Å². The van der Waals surface area contributed by atoms with Gasteiger partial charge in [0.15, 0.2) is 5.96 Å². The molecule has 1 saturated heterocycles. The molecule has 0 unspecified atom stereocenters. The molecular formula is C16H25FN4O. The van der Waals surface area contributed by atoms with E-state index in [1.54, 1.807) is 0 Å². The zero-order valence-electron chi connectivity index (χ0n) is 13.3. The summed E-state index contributed by atoms with van der Waals surface area (Å²) in [5.41, 5.74) is 7.06. The van der Waals surface area contributed by atoms with Gasteiger partial charge in [0.2, 0.25) is 0 Å². The molecule has 1 aromatic rings. The molecule has 22 heavy (non-hydrogen) atoms. The predicted octanol–water partition coefficient (Wildman–Crippen LogP) is 1.69. The Kier molecular flexibility index (Phi) is 6.00. The Hall–Kier alpha value is -1.82. The van der Waals surface area contributed by atoms with Gasteiger partial charge in [-0.05, 0) is 38.1 Å². The van der Waals surface area contributed by atoms with E-state index in [9.17, 15) is 4.39 Å². The summed E-state index contributed by atoms with van der Waals surface area (Å²) < 4.78 is 18.4. The number of nitrogens with two attached hydrogens (primary N) is 1. The van der Waals surface area contributed by atoms with Gasteiger partial charge in [0.1, 0.15) is 5.82 Å². The first-order chi connectivity index (χ1) is 10.6. The lowest BCUT2D eigenvalue weighted by Crippen LogP contribution is -2.51. The van der Waals surface area contributed by atoms with Gasteiger partial charge >= 0.3 is 0 Å². The van der Waals surface area contributed by atoms with E-state index in [4.69, 9.17) is 10.5 Å². The lowest BCUT2D eigenvalue weighted by Gasteiger charge is -2.36. The number of piperazine rings is 1. The van der Waals surface area contributed by atoms with Crippen LogP contribution in [0.4, 0.5) is 10.1 Å². The van der Waals surface area contributed by atoms with Gasteiger partial charge < -0.3 is 20.3 Å². The summed E-state index contributed by atoms with van der Waals surface area (Å²) in [5.74, 6) is 0.369. The first-order valence-corrected chi connectivity index (χ1v) is 7.73. The highest BCUT2D eigenvalue weighted by Crippen LogP contribution is 2.16. The Bertz CT molecular complexity index is 481. The molecule has 0 amide bonds. The van der Waals surface area contributed by atoms with Gasteiger partial charge in [-0.15, -0.1) is 0 Å². The van der Waals surface area contributed by atoms with E-state index in [1.165, 1.54) is 12.1 Å². The first kappa shape index (κ1) is 16.5. The Balaban J connectivity index is 1.78. The van der Waals surface area contributed by atoms with Crippen molar-refractivity contribution in [3.8, 4) is 0 Å². The normalized spacial score (nSPS) is 16.5. The minimum atomic E-state index is -0.206. The SMILES string of the molecule is CC(C)OCCN=C(N)N1CCN(c2ccc(F)cc2)CC1. The molecule has 122 valence electrons. The number of nitrogens with zero attached hydrogens (tertiary/aromatic N) is 3. The molecule has 2 rings (SSSR count). The molecule has 0 saturated carbocycles. The first-order valence-electron chi connectivity index (χ1n) is 7.73. The van der Waals surface area contributed by atoms with E-state index in [-0.39, 0.29) is 11.9 Å². The third-order valence-electron chi connectivity index (χ3n) is 3.61. The van der Waals surface area contributed by atoms with E-state index in [2.05, 4.69) is 14.8 Å². The summed E-state index contributed by atoms with van der Waals surface area (Å²) >= 11 is 0. The lowest BCUT2D eigenvalue weighted by molar-refractivity contribution is 0.0852. The monoisotopic (exact) mass is 308 g/mol. The van der Waals surface area contributed by atoms with Crippen LogP contribution >= 0.6 is 0 Å². The van der Waals surface area contributed by atoms with Crippen LogP contribution in [-0.4, -0.2) is 56.3 Å². The highest BCUT2D eigenvalue weighted by Gasteiger charge is 2.18. The smallest absolute Gasteiger partial charge is 0.191 e. The third kappa shape index (κ3) is 4.87. The fourth-order valence-electron chi connectivity index (χ4n) is 2.39. The molecule has 1 heterocycles. The Morgan fingerprint density at radius 3 is 2.45 bits per heavy atom. The van der Waals surface area contributed by atoms with Crippen molar-refractivity contribution < 1.29 is 9.13 Å². The van der Waals surface area contributed by atoms with Crippen LogP contribution in [0.25, 0.3) is 0 Å². The van der Waals surface area contributed by atoms with Gasteiger partial charge in [-0.1, -0.05) is 0 Å². The topological polar surface area (TPSA) is 54.1 Å². The molecule has 0 atom stereocenters. The van der Waals surface area contributed by atoms with Gasteiger partial charge in [-0.3, -0.25) is 4.99 Å². The average molecular weight is 308 g/mol. The lowest BCUT2D eigenvalue weighted by atomic mass is 10.2. The maximum absolute atomic E-state index is 12.9. The number of anilines is 1. The van der Waals surface area contributed by atoms with Crippen molar-refractivity contribution in [2.45, 2.75) is 20.0 Å². The van der Waals surface area contributed by atoms with E-state index in [0.717, 1.165) is 31.9 Å². The number of aliphatic imine (C=N–C) groups is 1. The third-order valence-corrected chi connectivity index (χ3v) is 3.61. The Morgan fingerprint density at radius 2 is 1.86 bits per heavy atom. The molecule has 0 aliphatic carbocycles. The van der Waals surface area contributed by atoms with Crippen LogP contribution in [0.1, 0.15) is 13.8 Å². The number of guanidine groups is 1. The Labute approximate surface area is 131 Å². The minimum Gasteiger partial charge on any atom is -0.377 e. The molecule has 1 aliphatic rings. The quantitative estimate of drug-likeness (QED) is 0.511. The van der Waals surface area contributed by atoms with Gasteiger partial charge in [0, 0.05) is 31.9 Å². The molecule has 0 radical (unpaired) electrons. The highest BCUT2D eigenvalue weighted by molar-refractivity contribution is 5.78. The number of hydrogen-bond donors (Lipinski definition) is 1. The van der Waals surface area contributed by atoms with Gasteiger partial charge in [-0.2, -0.15) is 0 Å². The minimum absolute atomic E-state index is 0.206. The molecule has 5 nitrogen and oxygen atoms in total. The second-order valence-electron chi connectivity index (χ2n) is 5.61. The summed E-state index contributed by atoms with van der Waals surface area (Å²) in [5, 5.41) is 0. The second-order valence-corrected chi connectivity index (χ2v) is 5.61. The summed E-state index contributed by atoms with van der Waals surface area (Å²) in [6.07, 6.45) is 0.218. The van der Waals surface area contributed by atoms with Crippen LogP contribution in [0.2, 0.25) is 0 Å². The van der Waals surface area contributed by atoms with E-state index in [0.29, 0.717) is 19.1 Å². The van der Waals surface area contributed by atoms with Crippen LogP contribution in [-0.2, 0) is 4.74 Å². The van der Waals surface area contributed by atoms with Crippen molar-refractivity contribution in [3.05, 3.63) is 30.1 Å². The van der Waals surface area contributed by atoms with E-state index in [1.807, 2.05) is 26.0 Å². The van der Waals surface area contributed by atoms with Crippen LogP contribution in [0.15, 0.2) is 29.3 Å². The number of hydrogen-bond acceptors (Lipinski definition) is 3. The number of ether oxygens (including phenoxy) is 1. The van der Waals surface area contributed by atoms with Crippen LogP contribution in [0.3, 0.4) is 0 Å². The fraction of sp³-hybridized carbons (Fsp3) is 0.562. The molecule has 6 heteroatoms. The maximum atomic E-state index is 12.9. The van der Waals surface area contributed by atoms with Crippen LogP contribution in [0.5, 0.6) is 0 Å². The number of benzene rings is 1. The number of rotatable bonds is 5. The molecule has 0 bridgehead atoms. The maximum Gasteiger partial charge on any atom is 0.191 e. The fourth-order valence-corrected chi connectivity index (χ4v) is 2.39. The average Bonchev–Trinajstić information content (AvgIpc) is 2.52. The number of halogens is 1.